The van der Waals surface area contributed by atoms with Crippen LogP contribution in [0.25, 0.3) is 21.5 Å². The van der Waals surface area contributed by atoms with E-state index in [4.69, 9.17) is 17.0 Å². The Labute approximate surface area is 156 Å². The maximum Gasteiger partial charge on any atom is -0.0771 e. The molecule has 0 saturated heterocycles. The summed E-state index contributed by atoms with van der Waals surface area (Å²) in [5.41, 5.74) is 0. The molecular formula is C20H18Cl2Zr. The van der Waals surface area contributed by atoms with Gasteiger partial charge in [0.2, 0.25) is 0 Å². The third-order valence-corrected chi connectivity index (χ3v) is 3.08. The van der Waals surface area contributed by atoms with Crippen molar-refractivity contribution in [2.24, 2.45) is 0 Å². The number of halogens is 2. The molecule has 0 unspecified atom stereocenters. The van der Waals surface area contributed by atoms with Gasteiger partial charge in [-0.1, -0.05) is 36.4 Å². The number of rotatable bonds is 0. The van der Waals surface area contributed by atoms with E-state index in [-0.39, 0.29) is 0 Å². The van der Waals surface area contributed by atoms with Gasteiger partial charge in [0.1, 0.15) is 0 Å². The molecule has 0 aliphatic carbocycles. The first kappa shape index (κ1) is 19.9. The summed E-state index contributed by atoms with van der Waals surface area (Å²) >= 11 is -0.826. The third kappa shape index (κ3) is 6.47. The van der Waals surface area contributed by atoms with E-state index in [0.717, 1.165) is 0 Å². The molecule has 0 heterocycles. The summed E-state index contributed by atoms with van der Waals surface area (Å²) in [4.78, 5) is 0. The summed E-state index contributed by atoms with van der Waals surface area (Å²) in [6.07, 6.45) is 0. The van der Waals surface area contributed by atoms with Crippen molar-refractivity contribution in [3.63, 3.8) is 0 Å². The molecule has 0 aliphatic rings. The van der Waals surface area contributed by atoms with Crippen molar-refractivity contribution < 1.29 is 20.8 Å². The van der Waals surface area contributed by atoms with Crippen LogP contribution in [0.5, 0.6) is 0 Å². The average Bonchev–Trinajstić information content (AvgIpc) is 3.29. The zero-order valence-electron chi connectivity index (χ0n) is 12.8. The van der Waals surface area contributed by atoms with E-state index in [1.165, 1.54) is 21.5 Å². The molecule has 0 saturated carbocycles. The van der Waals surface area contributed by atoms with E-state index in [1.807, 2.05) is 30.3 Å². The number of hydrogen-bond acceptors (Lipinski definition) is 0. The van der Waals surface area contributed by atoms with Gasteiger partial charge >= 0.3 is 37.9 Å². The fourth-order valence-electron chi connectivity index (χ4n) is 2.22. The minimum atomic E-state index is -0.826. The molecule has 3 heteroatoms. The van der Waals surface area contributed by atoms with Crippen LogP contribution in [0, 0.1) is 0 Å². The fraction of sp³-hybridized carbons (Fsp3) is 0. The van der Waals surface area contributed by atoms with Crippen LogP contribution in [-0.2, 0) is 20.8 Å². The monoisotopic (exact) mass is 418 g/mol. The summed E-state index contributed by atoms with van der Waals surface area (Å²) in [6.45, 7) is 6.00. The second-order valence-corrected chi connectivity index (χ2v) is 8.08. The quantitative estimate of drug-likeness (QED) is 0.207. The summed E-state index contributed by atoms with van der Waals surface area (Å²) in [5, 5.41) is 5.39. The van der Waals surface area contributed by atoms with Crippen molar-refractivity contribution in [1.29, 1.82) is 0 Å². The largest absolute Gasteiger partial charge is 0.214 e. The van der Waals surface area contributed by atoms with Crippen molar-refractivity contribution in [2.45, 2.75) is 0 Å². The van der Waals surface area contributed by atoms with Crippen LogP contribution >= 0.6 is 17.0 Å². The molecule has 4 rings (SSSR count). The van der Waals surface area contributed by atoms with Gasteiger partial charge in [-0.2, -0.15) is 18.2 Å². The first-order valence-corrected chi connectivity index (χ1v) is 13.4. The van der Waals surface area contributed by atoms with E-state index >= 15 is 0 Å². The van der Waals surface area contributed by atoms with Crippen LogP contribution in [0.4, 0.5) is 0 Å². The van der Waals surface area contributed by atoms with Crippen LogP contribution in [0.15, 0.2) is 98.1 Å². The minimum absolute atomic E-state index is 0.826. The van der Waals surface area contributed by atoms with Crippen molar-refractivity contribution in [2.75, 3.05) is 0 Å². The van der Waals surface area contributed by atoms with Gasteiger partial charge in [-0.3, -0.25) is 0 Å². The molecule has 23 heavy (non-hydrogen) atoms. The molecule has 0 spiro atoms. The van der Waals surface area contributed by atoms with Crippen LogP contribution in [0.3, 0.4) is 0 Å². The summed E-state index contributed by atoms with van der Waals surface area (Å²) in [5.74, 6) is 0. The van der Waals surface area contributed by atoms with Gasteiger partial charge in [0, 0.05) is 0 Å². The average molecular weight is 420 g/mol. The van der Waals surface area contributed by atoms with Gasteiger partial charge < -0.3 is 0 Å². The topological polar surface area (TPSA) is 0 Å². The van der Waals surface area contributed by atoms with Crippen molar-refractivity contribution in [3.8, 4) is 0 Å². The van der Waals surface area contributed by atoms with Gasteiger partial charge in [-0.25, -0.2) is 12.1 Å². The molecule has 0 fully saturated rings. The van der Waals surface area contributed by atoms with E-state index in [1.54, 1.807) is 0 Å². The molecule has 0 aromatic heterocycles. The summed E-state index contributed by atoms with van der Waals surface area (Å²) in [7, 11) is 9.87. The first-order valence-electron chi connectivity index (χ1n) is 7.03. The zero-order chi connectivity index (χ0) is 16.9. The molecule has 116 valence electrons. The fourth-order valence-corrected chi connectivity index (χ4v) is 2.22. The van der Waals surface area contributed by atoms with Crippen molar-refractivity contribution >= 4 is 38.6 Å². The van der Waals surface area contributed by atoms with Crippen LogP contribution < -0.4 is 0 Å². The Balaban J connectivity index is 0.000000221. The van der Waals surface area contributed by atoms with Crippen LogP contribution in [-0.4, -0.2) is 0 Å². The first-order chi connectivity index (χ1) is 11.4. The molecule has 0 N–H and O–H groups in total. The maximum absolute atomic E-state index is 4.93. The van der Waals surface area contributed by atoms with Crippen LogP contribution in [0.2, 0.25) is 0 Å². The van der Waals surface area contributed by atoms with E-state index < -0.39 is 20.8 Å². The van der Waals surface area contributed by atoms with Gasteiger partial charge in [0.05, 0.1) is 0 Å². The molecule has 0 atom stereocenters. The third-order valence-electron chi connectivity index (χ3n) is 3.08. The minimum Gasteiger partial charge on any atom is -0.214 e. The Kier molecular flexibility index (Phi) is 10.7. The van der Waals surface area contributed by atoms with Gasteiger partial charge in [-0.05, 0) is 0 Å². The Morgan fingerprint density at radius 2 is 1.09 bits per heavy atom. The molecular weight excluding hydrogens is 402 g/mol. The molecule has 0 aliphatic heterocycles. The molecule has 4 aromatic rings. The zero-order valence-corrected chi connectivity index (χ0v) is 16.7. The number of fused-ring (bicyclic) bond motifs is 3. The van der Waals surface area contributed by atoms with Gasteiger partial charge in [-0.15, -0.1) is 52.9 Å². The Morgan fingerprint density at radius 3 is 1.43 bits per heavy atom. The number of hydrogen-bond donors (Lipinski definition) is 0. The summed E-state index contributed by atoms with van der Waals surface area (Å²) in [6, 6.07) is 29.3. The van der Waals surface area contributed by atoms with E-state index in [9.17, 15) is 0 Å². The van der Waals surface area contributed by atoms with E-state index in [2.05, 4.69) is 67.8 Å². The van der Waals surface area contributed by atoms with E-state index in [0.29, 0.717) is 0 Å². The molecule has 4 aromatic carbocycles. The SMILES string of the molecule is C=C.[Cl][Zr+2][Cl].c1cc[cH-]c1.c1ccc2c(c1)[cH-]c1ccccc12. The molecule has 0 bridgehead atoms. The Bertz CT molecular complexity index is 705. The number of benzene rings is 2. The standard InChI is InChI=1S/C13H9.C5H5.C2H4.2ClH.Zr/c1-3-7-12-10(5-1)9-11-6-2-4-8-13(11)12;1-2-4-5-3-1;1-2;;;/h1-9H;1-5H;1-2H2;2*1H;/q2*-1;;;;+4/p-2. The normalized spacial score (nSPS) is 8.61. The second-order valence-electron chi connectivity index (χ2n) is 4.35. The van der Waals surface area contributed by atoms with Gasteiger partial charge in [0.25, 0.3) is 0 Å². The summed E-state index contributed by atoms with van der Waals surface area (Å²) < 4.78 is 0. The Hall–Kier alpha value is -1.14. The predicted molar refractivity (Wildman–Crippen MR) is 102 cm³/mol. The molecule has 0 radical (unpaired) electrons. The smallest absolute Gasteiger partial charge is 0.0771 e. The predicted octanol–water partition coefficient (Wildman–Crippen LogP) is 7.30. The van der Waals surface area contributed by atoms with Crippen LogP contribution in [0.1, 0.15) is 0 Å². The van der Waals surface area contributed by atoms with Crippen molar-refractivity contribution in [3.05, 3.63) is 98.1 Å². The second kappa shape index (κ2) is 12.3. The maximum atomic E-state index is 4.93. The molecule has 0 amide bonds. The Morgan fingerprint density at radius 1 is 0.696 bits per heavy atom. The molecule has 0 nitrogen and oxygen atoms in total. The van der Waals surface area contributed by atoms with Crippen molar-refractivity contribution in [1.82, 2.24) is 0 Å². The van der Waals surface area contributed by atoms with Gasteiger partial charge in [0.15, 0.2) is 0 Å².